The molecule has 0 aliphatic carbocycles. The Hall–Kier alpha value is -2.57. The smallest absolute Gasteiger partial charge is 0.200 e. The first-order valence-electron chi connectivity index (χ1n) is 10.5. The van der Waals surface area contributed by atoms with Crippen LogP contribution in [0.5, 0.6) is 11.5 Å². The minimum Gasteiger partial charge on any atom is -0.492 e. The Morgan fingerprint density at radius 3 is 2.00 bits per heavy atom. The molecule has 1 aromatic heterocycles. The monoisotopic (exact) mass is 394 g/mol. The third kappa shape index (κ3) is 3.95. The largest absolute Gasteiger partial charge is 0.492 e. The predicted molar refractivity (Wildman–Crippen MR) is 113 cm³/mol. The second-order valence-corrected chi connectivity index (χ2v) is 7.83. The summed E-state index contributed by atoms with van der Waals surface area (Å²) in [5.41, 5.74) is 1.08. The Labute approximate surface area is 169 Å². The van der Waals surface area contributed by atoms with Crippen molar-refractivity contribution in [1.82, 2.24) is 9.80 Å². The highest BCUT2D eigenvalue weighted by molar-refractivity contribution is 5.90. The van der Waals surface area contributed by atoms with Gasteiger partial charge in [0, 0.05) is 19.2 Å². The summed E-state index contributed by atoms with van der Waals surface area (Å²) in [6, 6.07) is 10.9. The lowest BCUT2D eigenvalue weighted by molar-refractivity contribution is 0.147. The molecule has 29 heavy (non-hydrogen) atoms. The van der Waals surface area contributed by atoms with Crippen LogP contribution in [0, 0.1) is 0 Å². The molecule has 0 N–H and O–H groups in total. The zero-order valence-corrected chi connectivity index (χ0v) is 16.6. The first kappa shape index (κ1) is 18.5. The molecule has 2 fully saturated rings. The van der Waals surface area contributed by atoms with Crippen molar-refractivity contribution in [2.75, 3.05) is 52.5 Å². The van der Waals surface area contributed by atoms with E-state index in [9.17, 15) is 4.79 Å². The van der Waals surface area contributed by atoms with E-state index in [0.29, 0.717) is 40.9 Å². The molecule has 2 aliphatic rings. The van der Waals surface area contributed by atoms with Gasteiger partial charge >= 0.3 is 0 Å². The second kappa shape index (κ2) is 8.05. The van der Waals surface area contributed by atoms with Crippen LogP contribution < -0.4 is 14.9 Å². The number of fused-ring (bicyclic) bond motifs is 2. The first-order valence-corrected chi connectivity index (χ1v) is 10.5. The van der Waals surface area contributed by atoms with Crippen LogP contribution in [0.4, 0.5) is 0 Å². The number of nitrogens with zero attached hydrogens (tertiary/aromatic N) is 2. The van der Waals surface area contributed by atoms with E-state index in [1.165, 1.54) is 12.8 Å². The molecule has 0 radical (unpaired) electrons. The molecular weight excluding hydrogens is 368 g/mol. The van der Waals surface area contributed by atoms with Crippen LogP contribution in [0.1, 0.15) is 12.8 Å². The molecule has 6 heteroatoms. The third-order valence-corrected chi connectivity index (χ3v) is 5.86. The van der Waals surface area contributed by atoms with E-state index in [0.717, 1.165) is 45.0 Å². The van der Waals surface area contributed by atoms with Crippen LogP contribution in [-0.2, 0) is 0 Å². The molecule has 2 aliphatic heterocycles. The van der Waals surface area contributed by atoms with Gasteiger partial charge in [-0.2, -0.15) is 0 Å². The summed E-state index contributed by atoms with van der Waals surface area (Å²) in [5, 5.41) is 1.11. The molecule has 0 spiro atoms. The topological polar surface area (TPSA) is 55.1 Å². The van der Waals surface area contributed by atoms with E-state index in [2.05, 4.69) is 9.80 Å². The van der Waals surface area contributed by atoms with Crippen molar-refractivity contribution in [3.05, 3.63) is 46.6 Å². The fraction of sp³-hybridized carbons (Fsp3) is 0.435. The van der Waals surface area contributed by atoms with Gasteiger partial charge in [-0.1, -0.05) is 0 Å². The molecule has 0 bridgehead atoms. The van der Waals surface area contributed by atoms with E-state index in [1.807, 2.05) is 24.3 Å². The average molecular weight is 394 g/mol. The highest BCUT2D eigenvalue weighted by atomic mass is 16.5. The van der Waals surface area contributed by atoms with E-state index in [-0.39, 0.29) is 5.43 Å². The molecule has 2 aromatic carbocycles. The Morgan fingerprint density at radius 2 is 1.38 bits per heavy atom. The third-order valence-electron chi connectivity index (χ3n) is 5.86. The normalized spacial score (nSPS) is 17.2. The van der Waals surface area contributed by atoms with Crippen molar-refractivity contribution in [2.24, 2.45) is 0 Å². The van der Waals surface area contributed by atoms with Gasteiger partial charge in [0.05, 0.1) is 10.8 Å². The average Bonchev–Trinajstić information content (AvgIpc) is 2.66. The lowest BCUT2D eigenvalue weighted by Crippen LogP contribution is -2.39. The standard InChI is InChI=1S/C23H26N2O4/c26-23-19-5-3-18(28-14-12-25-9-2-10-25)16-22(19)29-21-6-4-17(15-20(21)23)27-13-11-24-7-1-8-24/h3-6,15-16H,1-2,7-14H2. The summed E-state index contributed by atoms with van der Waals surface area (Å²) in [4.78, 5) is 17.7. The number of ether oxygens (including phenoxy) is 2. The highest BCUT2D eigenvalue weighted by Gasteiger charge is 2.15. The summed E-state index contributed by atoms with van der Waals surface area (Å²) in [5.74, 6) is 1.43. The van der Waals surface area contributed by atoms with Gasteiger partial charge in [0.15, 0.2) is 0 Å². The van der Waals surface area contributed by atoms with Gasteiger partial charge in [-0.25, -0.2) is 0 Å². The number of rotatable bonds is 8. The maximum atomic E-state index is 13.0. The number of benzene rings is 2. The van der Waals surface area contributed by atoms with Gasteiger partial charge in [0.25, 0.3) is 0 Å². The van der Waals surface area contributed by atoms with E-state index in [4.69, 9.17) is 13.9 Å². The molecule has 0 amide bonds. The zero-order valence-electron chi connectivity index (χ0n) is 16.6. The van der Waals surface area contributed by atoms with Gasteiger partial charge in [-0.3, -0.25) is 14.6 Å². The quantitative estimate of drug-likeness (QED) is 0.547. The molecular formula is C23H26N2O4. The lowest BCUT2D eigenvalue weighted by atomic mass is 10.1. The fourth-order valence-corrected chi connectivity index (χ4v) is 3.79. The number of hydrogen-bond acceptors (Lipinski definition) is 6. The molecule has 0 atom stereocenters. The SMILES string of the molecule is O=c1c2ccc(OCCN3CCC3)cc2oc2ccc(OCCN3CCC3)cc12. The van der Waals surface area contributed by atoms with Crippen molar-refractivity contribution in [1.29, 1.82) is 0 Å². The summed E-state index contributed by atoms with van der Waals surface area (Å²) in [6.45, 7) is 7.74. The predicted octanol–water partition coefficient (Wildman–Crippen LogP) is 3.12. The van der Waals surface area contributed by atoms with Gasteiger partial charge in [0.2, 0.25) is 5.43 Å². The zero-order chi connectivity index (χ0) is 19.6. The Bertz CT molecular complexity index is 1070. The minimum atomic E-state index is -0.0402. The van der Waals surface area contributed by atoms with Crippen LogP contribution in [-0.4, -0.2) is 62.3 Å². The van der Waals surface area contributed by atoms with Crippen molar-refractivity contribution < 1.29 is 13.9 Å². The van der Waals surface area contributed by atoms with Crippen LogP contribution in [0.3, 0.4) is 0 Å². The van der Waals surface area contributed by atoms with Gasteiger partial charge in [-0.15, -0.1) is 0 Å². The second-order valence-electron chi connectivity index (χ2n) is 7.83. The molecule has 0 saturated carbocycles. The van der Waals surface area contributed by atoms with Crippen LogP contribution in [0.15, 0.2) is 45.6 Å². The highest BCUT2D eigenvalue weighted by Crippen LogP contribution is 2.25. The van der Waals surface area contributed by atoms with Crippen LogP contribution >= 0.6 is 0 Å². The van der Waals surface area contributed by atoms with E-state index >= 15 is 0 Å². The molecule has 2 saturated heterocycles. The van der Waals surface area contributed by atoms with Crippen molar-refractivity contribution in [2.45, 2.75) is 12.8 Å². The summed E-state index contributed by atoms with van der Waals surface area (Å²) >= 11 is 0. The molecule has 5 rings (SSSR count). The van der Waals surface area contributed by atoms with Crippen molar-refractivity contribution in [3.63, 3.8) is 0 Å². The van der Waals surface area contributed by atoms with E-state index in [1.54, 1.807) is 12.1 Å². The molecule has 3 aromatic rings. The van der Waals surface area contributed by atoms with Gasteiger partial charge in [-0.05, 0) is 69.4 Å². The summed E-state index contributed by atoms with van der Waals surface area (Å²) < 4.78 is 17.7. The van der Waals surface area contributed by atoms with E-state index < -0.39 is 0 Å². The lowest BCUT2D eigenvalue weighted by Gasteiger charge is -2.30. The maximum Gasteiger partial charge on any atom is 0.200 e. The van der Waals surface area contributed by atoms with Crippen molar-refractivity contribution in [3.8, 4) is 11.5 Å². The summed E-state index contributed by atoms with van der Waals surface area (Å²) in [6.07, 6.45) is 2.55. The number of likely N-dealkylation sites (tertiary alicyclic amines) is 2. The first-order chi connectivity index (χ1) is 14.3. The maximum absolute atomic E-state index is 13.0. The van der Waals surface area contributed by atoms with Crippen LogP contribution in [0.25, 0.3) is 21.9 Å². The summed E-state index contributed by atoms with van der Waals surface area (Å²) in [7, 11) is 0. The van der Waals surface area contributed by atoms with Crippen molar-refractivity contribution >= 4 is 21.9 Å². The molecule has 0 unspecified atom stereocenters. The van der Waals surface area contributed by atoms with Crippen LogP contribution in [0.2, 0.25) is 0 Å². The molecule has 3 heterocycles. The van der Waals surface area contributed by atoms with Gasteiger partial charge < -0.3 is 13.9 Å². The molecule has 152 valence electrons. The Kier molecular flexibility index (Phi) is 5.12. The Balaban J connectivity index is 1.33. The minimum absolute atomic E-state index is 0.0402. The fourth-order valence-electron chi connectivity index (χ4n) is 3.79. The van der Waals surface area contributed by atoms with Gasteiger partial charge in [0.1, 0.15) is 35.9 Å². The Morgan fingerprint density at radius 1 is 0.759 bits per heavy atom. The molecule has 6 nitrogen and oxygen atoms in total. The number of hydrogen-bond donors (Lipinski definition) is 0.